The fourth-order valence-electron chi connectivity index (χ4n) is 2.69. The Kier molecular flexibility index (Phi) is 4.56. The van der Waals surface area contributed by atoms with E-state index in [4.69, 9.17) is 23.2 Å². The summed E-state index contributed by atoms with van der Waals surface area (Å²) in [7, 11) is 0. The van der Waals surface area contributed by atoms with Crippen LogP contribution in [0.1, 0.15) is 16.1 Å². The number of halogens is 2. The third-order valence-electron chi connectivity index (χ3n) is 4.08. The predicted molar refractivity (Wildman–Crippen MR) is 108 cm³/mol. The Morgan fingerprint density at radius 2 is 1.81 bits per heavy atom. The molecule has 5 nitrogen and oxygen atoms in total. The van der Waals surface area contributed by atoms with Gasteiger partial charge in [0, 0.05) is 34.4 Å². The number of hydrogen-bond acceptors (Lipinski definition) is 3. The SMILES string of the molecule is Cc1ccn2cc(-c3ccc(NC(=O)c4ccc(Cl)cc4Cl)cc3)nc2n1. The third-order valence-corrected chi connectivity index (χ3v) is 4.63. The molecule has 2 heterocycles. The Hall–Kier alpha value is -2.89. The van der Waals surface area contributed by atoms with Crippen LogP contribution in [0.2, 0.25) is 10.0 Å². The Bertz CT molecular complexity index is 1150. The molecule has 0 aliphatic carbocycles. The largest absolute Gasteiger partial charge is 0.322 e. The first-order valence-corrected chi connectivity index (χ1v) is 8.94. The number of aromatic nitrogens is 3. The van der Waals surface area contributed by atoms with Gasteiger partial charge in [-0.2, -0.15) is 0 Å². The van der Waals surface area contributed by atoms with Crippen LogP contribution in [0.3, 0.4) is 0 Å². The minimum atomic E-state index is -0.295. The van der Waals surface area contributed by atoms with Gasteiger partial charge in [0.1, 0.15) is 0 Å². The molecule has 2 aromatic carbocycles. The molecule has 0 saturated heterocycles. The van der Waals surface area contributed by atoms with Crippen molar-refractivity contribution in [1.82, 2.24) is 14.4 Å². The number of nitrogens with zero attached hydrogens (tertiary/aromatic N) is 3. The van der Waals surface area contributed by atoms with E-state index in [2.05, 4.69) is 15.3 Å². The molecule has 0 aliphatic rings. The second-order valence-electron chi connectivity index (χ2n) is 6.06. The maximum atomic E-state index is 12.4. The monoisotopic (exact) mass is 396 g/mol. The van der Waals surface area contributed by atoms with Crippen molar-refractivity contribution in [2.75, 3.05) is 5.32 Å². The Labute approximate surface area is 165 Å². The minimum Gasteiger partial charge on any atom is -0.322 e. The van der Waals surface area contributed by atoms with Gasteiger partial charge in [0.15, 0.2) is 0 Å². The summed E-state index contributed by atoms with van der Waals surface area (Å²) in [5, 5.41) is 3.62. The molecule has 27 heavy (non-hydrogen) atoms. The average Bonchev–Trinajstić information content (AvgIpc) is 3.05. The van der Waals surface area contributed by atoms with Crippen LogP contribution in [-0.2, 0) is 0 Å². The molecule has 0 fully saturated rings. The number of amides is 1. The van der Waals surface area contributed by atoms with Crippen molar-refractivity contribution in [2.24, 2.45) is 0 Å². The van der Waals surface area contributed by atoms with Gasteiger partial charge in [-0.25, -0.2) is 9.97 Å². The Balaban J connectivity index is 1.55. The zero-order valence-corrected chi connectivity index (χ0v) is 15.8. The predicted octanol–water partition coefficient (Wildman–Crippen LogP) is 5.26. The highest BCUT2D eigenvalue weighted by atomic mass is 35.5. The van der Waals surface area contributed by atoms with Crippen molar-refractivity contribution < 1.29 is 4.79 Å². The molecular formula is C20H14Cl2N4O. The van der Waals surface area contributed by atoms with Crippen molar-refractivity contribution in [3.63, 3.8) is 0 Å². The highest BCUT2D eigenvalue weighted by molar-refractivity contribution is 6.37. The van der Waals surface area contributed by atoms with E-state index in [1.54, 1.807) is 18.2 Å². The van der Waals surface area contributed by atoms with Gasteiger partial charge in [-0.3, -0.25) is 9.20 Å². The van der Waals surface area contributed by atoms with Crippen LogP contribution < -0.4 is 5.32 Å². The lowest BCUT2D eigenvalue weighted by atomic mass is 10.1. The summed E-state index contributed by atoms with van der Waals surface area (Å²) < 4.78 is 1.88. The molecule has 0 aliphatic heterocycles. The number of fused-ring (bicyclic) bond motifs is 1. The van der Waals surface area contributed by atoms with Gasteiger partial charge < -0.3 is 5.32 Å². The van der Waals surface area contributed by atoms with E-state index in [9.17, 15) is 4.79 Å². The molecule has 0 atom stereocenters. The summed E-state index contributed by atoms with van der Waals surface area (Å²) in [6.07, 6.45) is 3.85. The quantitative estimate of drug-likeness (QED) is 0.513. The van der Waals surface area contributed by atoms with Gasteiger partial charge in [0.2, 0.25) is 5.78 Å². The fourth-order valence-corrected chi connectivity index (χ4v) is 3.19. The van der Waals surface area contributed by atoms with E-state index in [0.29, 0.717) is 27.1 Å². The first-order valence-electron chi connectivity index (χ1n) is 8.19. The molecular weight excluding hydrogens is 383 g/mol. The number of rotatable bonds is 3. The van der Waals surface area contributed by atoms with Crippen LogP contribution in [0.25, 0.3) is 17.0 Å². The summed E-state index contributed by atoms with van der Waals surface area (Å²) in [4.78, 5) is 21.3. The first-order chi connectivity index (χ1) is 13.0. The lowest BCUT2D eigenvalue weighted by Crippen LogP contribution is -2.12. The molecule has 0 bridgehead atoms. The molecule has 0 spiro atoms. The van der Waals surface area contributed by atoms with Crippen LogP contribution in [0.4, 0.5) is 5.69 Å². The van der Waals surface area contributed by atoms with Crippen molar-refractivity contribution in [2.45, 2.75) is 6.92 Å². The topological polar surface area (TPSA) is 59.3 Å². The van der Waals surface area contributed by atoms with Crippen LogP contribution >= 0.6 is 23.2 Å². The number of benzene rings is 2. The second-order valence-corrected chi connectivity index (χ2v) is 6.90. The van der Waals surface area contributed by atoms with Gasteiger partial charge in [0.25, 0.3) is 5.91 Å². The van der Waals surface area contributed by atoms with Crippen LogP contribution in [0.15, 0.2) is 60.9 Å². The average molecular weight is 397 g/mol. The van der Waals surface area contributed by atoms with E-state index < -0.39 is 0 Å². The molecule has 7 heteroatoms. The van der Waals surface area contributed by atoms with Crippen LogP contribution in [-0.4, -0.2) is 20.3 Å². The minimum absolute atomic E-state index is 0.295. The molecule has 2 aromatic heterocycles. The van der Waals surface area contributed by atoms with Crippen LogP contribution in [0, 0.1) is 6.92 Å². The standard InChI is InChI=1S/C20H14Cl2N4O/c1-12-8-9-26-11-18(25-20(26)23-12)13-2-5-15(6-3-13)24-19(27)16-7-4-14(21)10-17(16)22/h2-11H,1H3,(H,24,27). The lowest BCUT2D eigenvalue weighted by molar-refractivity contribution is 0.102. The normalized spacial score (nSPS) is 10.9. The fraction of sp³-hybridized carbons (Fsp3) is 0.0500. The van der Waals surface area contributed by atoms with E-state index in [-0.39, 0.29) is 5.91 Å². The molecule has 4 rings (SSSR count). The van der Waals surface area contributed by atoms with Crippen molar-refractivity contribution in [3.8, 4) is 11.3 Å². The van der Waals surface area contributed by atoms with E-state index >= 15 is 0 Å². The summed E-state index contributed by atoms with van der Waals surface area (Å²) in [6.45, 7) is 1.93. The zero-order valence-electron chi connectivity index (χ0n) is 14.3. The molecule has 1 amide bonds. The van der Waals surface area contributed by atoms with Crippen molar-refractivity contribution in [1.29, 1.82) is 0 Å². The summed E-state index contributed by atoms with van der Waals surface area (Å²) in [6, 6.07) is 14.1. The van der Waals surface area contributed by atoms with E-state index in [1.807, 2.05) is 54.0 Å². The van der Waals surface area contributed by atoms with Gasteiger partial charge in [-0.05, 0) is 43.3 Å². The van der Waals surface area contributed by atoms with E-state index in [0.717, 1.165) is 17.0 Å². The zero-order chi connectivity index (χ0) is 19.0. The number of imidazole rings is 1. The maximum absolute atomic E-state index is 12.4. The second kappa shape index (κ2) is 7.02. The lowest BCUT2D eigenvalue weighted by Gasteiger charge is -2.07. The first kappa shape index (κ1) is 17.5. The molecule has 4 aromatic rings. The van der Waals surface area contributed by atoms with Gasteiger partial charge in [-0.15, -0.1) is 0 Å². The Morgan fingerprint density at radius 3 is 2.56 bits per heavy atom. The van der Waals surface area contributed by atoms with Crippen molar-refractivity contribution in [3.05, 3.63) is 82.2 Å². The van der Waals surface area contributed by atoms with Crippen LogP contribution in [0.5, 0.6) is 0 Å². The number of carbonyl (C=O) groups excluding carboxylic acids is 1. The number of hydrogen-bond donors (Lipinski definition) is 1. The number of anilines is 1. The summed E-state index contributed by atoms with van der Waals surface area (Å²) >= 11 is 12.0. The summed E-state index contributed by atoms with van der Waals surface area (Å²) in [5.41, 5.74) is 3.69. The number of carbonyl (C=O) groups is 1. The molecule has 1 N–H and O–H groups in total. The molecule has 134 valence electrons. The van der Waals surface area contributed by atoms with Crippen molar-refractivity contribution >= 4 is 40.6 Å². The molecule has 0 unspecified atom stereocenters. The third kappa shape index (κ3) is 3.65. The smallest absolute Gasteiger partial charge is 0.257 e. The highest BCUT2D eigenvalue weighted by Crippen LogP contribution is 2.24. The molecule has 0 saturated carbocycles. The summed E-state index contributed by atoms with van der Waals surface area (Å²) in [5.74, 6) is 0.358. The number of nitrogens with one attached hydrogen (secondary N) is 1. The molecule has 0 radical (unpaired) electrons. The van der Waals surface area contributed by atoms with Gasteiger partial charge in [0.05, 0.1) is 16.3 Å². The van der Waals surface area contributed by atoms with E-state index in [1.165, 1.54) is 0 Å². The maximum Gasteiger partial charge on any atom is 0.257 e. The van der Waals surface area contributed by atoms with Gasteiger partial charge in [-0.1, -0.05) is 35.3 Å². The van der Waals surface area contributed by atoms with Gasteiger partial charge >= 0.3 is 0 Å². The highest BCUT2D eigenvalue weighted by Gasteiger charge is 2.11. The Morgan fingerprint density at radius 1 is 1.04 bits per heavy atom. The number of aryl methyl sites for hydroxylation is 1.